The zero-order chi connectivity index (χ0) is 21.8. The molecular weight excluding hydrogens is 404 g/mol. The van der Waals surface area contributed by atoms with Crippen LogP contribution in [0.3, 0.4) is 0 Å². The highest BCUT2D eigenvalue weighted by Crippen LogP contribution is 2.11. The first kappa shape index (κ1) is 22.1. The van der Waals surface area contributed by atoms with Crippen LogP contribution in [0.4, 0.5) is 0 Å². The summed E-state index contributed by atoms with van der Waals surface area (Å²) in [5.41, 5.74) is 2.42. The maximum Gasteiger partial charge on any atom is 0.191 e. The summed E-state index contributed by atoms with van der Waals surface area (Å²) in [4.78, 5) is 7.29. The summed E-state index contributed by atoms with van der Waals surface area (Å²) >= 11 is 0. The first-order valence-corrected chi connectivity index (χ1v) is 11.3. The van der Waals surface area contributed by atoms with Crippen LogP contribution in [0.2, 0.25) is 0 Å². The van der Waals surface area contributed by atoms with E-state index in [2.05, 4.69) is 44.9 Å². The molecule has 0 radical (unpaired) electrons. The highest BCUT2D eigenvalue weighted by atomic mass is 16.5. The van der Waals surface area contributed by atoms with Crippen molar-refractivity contribution in [2.24, 2.45) is 4.99 Å². The average Bonchev–Trinajstić information content (AvgIpc) is 3.53. The van der Waals surface area contributed by atoms with Gasteiger partial charge in [-0.1, -0.05) is 24.3 Å². The number of guanidine groups is 1. The molecule has 0 aliphatic carbocycles. The Morgan fingerprint density at radius 2 is 1.84 bits per heavy atom. The van der Waals surface area contributed by atoms with Gasteiger partial charge in [0.25, 0.3) is 0 Å². The molecule has 0 unspecified atom stereocenters. The van der Waals surface area contributed by atoms with Gasteiger partial charge >= 0.3 is 0 Å². The fourth-order valence-corrected chi connectivity index (χ4v) is 3.69. The standard InChI is InChI=1S/C24H32N6O2/c1-2-6-22(20-30-12-4-9-28-30)21(5-1)19-27-24(25-10-8-23-7-3-16-32-23)26-11-13-29-14-17-31-18-15-29/h1-7,9,12,16H,8,10-11,13-15,17-20H2,(H2,25,26,27). The van der Waals surface area contributed by atoms with Crippen molar-refractivity contribution in [3.8, 4) is 0 Å². The predicted molar refractivity (Wildman–Crippen MR) is 125 cm³/mol. The van der Waals surface area contributed by atoms with Gasteiger partial charge in [0.05, 0.1) is 32.6 Å². The number of nitrogens with one attached hydrogen (secondary N) is 2. The van der Waals surface area contributed by atoms with Gasteiger partial charge < -0.3 is 19.8 Å². The minimum atomic E-state index is 0.602. The molecule has 1 aliphatic heterocycles. The number of aliphatic imine (C=N–C) groups is 1. The molecule has 4 rings (SSSR count). The Morgan fingerprint density at radius 3 is 2.62 bits per heavy atom. The van der Waals surface area contributed by atoms with Crippen LogP contribution in [0.25, 0.3) is 0 Å². The molecule has 8 heteroatoms. The molecule has 2 N–H and O–H groups in total. The summed E-state index contributed by atoms with van der Waals surface area (Å²) in [5.74, 6) is 1.79. The van der Waals surface area contributed by atoms with Crippen LogP contribution in [-0.2, 0) is 24.2 Å². The lowest BCUT2D eigenvalue weighted by Crippen LogP contribution is -2.44. The van der Waals surface area contributed by atoms with Crippen molar-refractivity contribution in [2.75, 3.05) is 45.9 Å². The zero-order valence-electron chi connectivity index (χ0n) is 18.4. The van der Waals surface area contributed by atoms with E-state index in [0.717, 1.165) is 70.6 Å². The van der Waals surface area contributed by atoms with Gasteiger partial charge in [0, 0.05) is 51.5 Å². The average molecular weight is 437 g/mol. The molecule has 1 fully saturated rings. The Hall–Kier alpha value is -3.10. The Bertz CT molecular complexity index is 933. The third-order valence-electron chi connectivity index (χ3n) is 5.49. The number of benzene rings is 1. The summed E-state index contributed by atoms with van der Waals surface area (Å²) in [7, 11) is 0. The van der Waals surface area contributed by atoms with Crippen molar-refractivity contribution in [3.63, 3.8) is 0 Å². The third kappa shape index (κ3) is 6.96. The number of furan rings is 1. The van der Waals surface area contributed by atoms with Gasteiger partial charge in [-0.2, -0.15) is 5.10 Å². The number of aromatic nitrogens is 2. The van der Waals surface area contributed by atoms with Crippen LogP contribution >= 0.6 is 0 Å². The molecule has 0 amide bonds. The number of hydrogen-bond acceptors (Lipinski definition) is 5. The quantitative estimate of drug-likeness (QED) is 0.374. The molecule has 0 spiro atoms. The van der Waals surface area contributed by atoms with E-state index in [1.54, 1.807) is 12.5 Å². The van der Waals surface area contributed by atoms with Gasteiger partial charge in [-0.15, -0.1) is 0 Å². The van der Waals surface area contributed by atoms with E-state index in [1.165, 1.54) is 11.1 Å². The molecule has 0 atom stereocenters. The van der Waals surface area contributed by atoms with Crippen LogP contribution in [-0.4, -0.2) is 66.6 Å². The van der Waals surface area contributed by atoms with Crippen LogP contribution in [0.15, 0.2) is 70.5 Å². The molecule has 32 heavy (non-hydrogen) atoms. The Balaban J connectivity index is 1.36. The van der Waals surface area contributed by atoms with Crippen molar-refractivity contribution in [1.82, 2.24) is 25.3 Å². The van der Waals surface area contributed by atoms with Gasteiger partial charge in [0.1, 0.15) is 5.76 Å². The lowest BCUT2D eigenvalue weighted by molar-refractivity contribution is 0.0389. The summed E-state index contributed by atoms with van der Waals surface area (Å²) < 4.78 is 12.8. The normalized spacial score (nSPS) is 15.1. The highest BCUT2D eigenvalue weighted by molar-refractivity contribution is 5.79. The summed E-state index contributed by atoms with van der Waals surface area (Å²) in [6.07, 6.45) is 6.31. The second-order valence-corrected chi connectivity index (χ2v) is 7.77. The zero-order valence-corrected chi connectivity index (χ0v) is 18.4. The topological polar surface area (TPSA) is 79.8 Å². The van der Waals surface area contributed by atoms with Gasteiger partial charge in [0.2, 0.25) is 0 Å². The summed E-state index contributed by atoms with van der Waals surface area (Å²) in [6, 6.07) is 14.3. The van der Waals surface area contributed by atoms with Crippen molar-refractivity contribution >= 4 is 5.96 Å². The maximum absolute atomic E-state index is 5.44. The van der Waals surface area contributed by atoms with Crippen LogP contribution in [0, 0.1) is 0 Å². The first-order valence-electron chi connectivity index (χ1n) is 11.3. The molecule has 8 nitrogen and oxygen atoms in total. The minimum absolute atomic E-state index is 0.602. The fourth-order valence-electron chi connectivity index (χ4n) is 3.69. The number of nitrogens with zero attached hydrogens (tertiary/aromatic N) is 4. The second kappa shape index (κ2) is 12.1. The first-order chi connectivity index (χ1) is 15.9. The van der Waals surface area contributed by atoms with E-state index in [-0.39, 0.29) is 0 Å². The SMILES string of the molecule is c1coc(CCNC(=NCc2ccccc2Cn2cccn2)NCCN2CCOCC2)c1. The van der Waals surface area contributed by atoms with Gasteiger partial charge in [0.15, 0.2) is 5.96 Å². The van der Waals surface area contributed by atoms with Crippen molar-refractivity contribution in [2.45, 2.75) is 19.5 Å². The van der Waals surface area contributed by atoms with Crippen molar-refractivity contribution < 1.29 is 9.15 Å². The van der Waals surface area contributed by atoms with Gasteiger partial charge in [-0.05, 0) is 29.3 Å². The molecule has 1 aromatic carbocycles. The van der Waals surface area contributed by atoms with Crippen molar-refractivity contribution in [1.29, 1.82) is 0 Å². The Labute approximate surface area is 189 Å². The third-order valence-corrected chi connectivity index (χ3v) is 5.49. The van der Waals surface area contributed by atoms with E-state index in [9.17, 15) is 0 Å². The number of morpholine rings is 1. The predicted octanol–water partition coefficient (Wildman–Crippen LogP) is 2.13. The monoisotopic (exact) mass is 436 g/mol. The molecule has 1 aliphatic rings. The smallest absolute Gasteiger partial charge is 0.191 e. The minimum Gasteiger partial charge on any atom is -0.469 e. The van der Waals surface area contributed by atoms with Crippen molar-refractivity contribution in [3.05, 3.63) is 78.0 Å². The largest absolute Gasteiger partial charge is 0.469 e. The Morgan fingerprint density at radius 1 is 1.00 bits per heavy atom. The van der Waals surface area contributed by atoms with Crippen LogP contribution < -0.4 is 10.6 Å². The summed E-state index contributed by atoms with van der Waals surface area (Å²) in [6.45, 7) is 7.51. The van der Waals surface area contributed by atoms with Crippen LogP contribution in [0.5, 0.6) is 0 Å². The molecule has 3 heterocycles. The van der Waals surface area contributed by atoms with E-state index in [0.29, 0.717) is 6.54 Å². The number of rotatable bonds is 10. The fraction of sp³-hybridized carbons (Fsp3) is 0.417. The second-order valence-electron chi connectivity index (χ2n) is 7.77. The Kier molecular flexibility index (Phi) is 8.34. The summed E-state index contributed by atoms with van der Waals surface area (Å²) in [5, 5.41) is 11.3. The molecule has 0 bridgehead atoms. The molecule has 0 saturated carbocycles. The highest BCUT2D eigenvalue weighted by Gasteiger charge is 2.10. The molecular formula is C24H32N6O2. The molecule has 3 aromatic rings. The molecule has 2 aromatic heterocycles. The van der Waals surface area contributed by atoms with Gasteiger partial charge in [-0.3, -0.25) is 9.58 Å². The number of ether oxygens (including phenoxy) is 1. The lowest BCUT2D eigenvalue weighted by atomic mass is 10.1. The van der Waals surface area contributed by atoms with Crippen LogP contribution in [0.1, 0.15) is 16.9 Å². The molecule has 1 saturated heterocycles. The maximum atomic E-state index is 5.44. The van der Waals surface area contributed by atoms with E-state index < -0.39 is 0 Å². The van der Waals surface area contributed by atoms with E-state index >= 15 is 0 Å². The lowest BCUT2D eigenvalue weighted by Gasteiger charge is -2.26. The molecule has 170 valence electrons. The number of hydrogen-bond donors (Lipinski definition) is 2. The van der Waals surface area contributed by atoms with Gasteiger partial charge in [-0.25, -0.2) is 4.99 Å². The van der Waals surface area contributed by atoms with E-state index in [4.69, 9.17) is 14.1 Å². The van der Waals surface area contributed by atoms with E-state index in [1.807, 2.05) is 29.1 Å².